The van der Waals surface area contributed by atoms with E-state index < -0.39 is 0 Å². The fraction of sp³-hybridized carbons (Fsp3) is 0.429. The van der Waals surface area contributed by atoms with Crippen molar-refractivity contribution in [2.75, 3.05) is 0 Å². The molecule has 0 unspecified atom stereocenters. The van der Waals surface area contributed by atoms with Crippen molar-refractivity contribution in [3.8, 4) is 0 Å². The van der Waals surface area contributed by atoms with Gasteiger partial charge >= 0.3 is 0 Å². The maximum Gasteiger partial charge on any atom is 0.0578 e. The quantitative estimate of drug-likeness (QED) is 0.787. The number of nitrogens with one attached hydrogen (secondary N) is 1. The monoisotopic (exact) mass is 293 g/mol. The van der Waals surface area contributed by atoms with Crippen LogP contribution in [0.3, 0.4) is 0 Å². The molecule has 1 nitrogen and oxygen atoms in total. The average molecular weight is 293 g/mol. The molecule has 0 radical (unpaired) electrons. The predicted octanol–water partition coefficient (Wildman–Crippen LogP) is 5.48. The highest BCUT2D eigenvalue weighted by Crippen LogP contribution is 2.25. The zero-order chi connectivity index (χ0) is 15.0. The predicted molar refractivity (Wildman–Crippen MR) is 94.0 cm³/mol. The molecule has 116 valence electrons. The Bertz CT molecular complexity index is 487. The Balaban J connectivity index is 1.79. The summed E-state index contributed by atoms with van der Waals surface area (Å²) in [5, 5.41) is 3.96. The Kier molecular flexibility index (Phi) is 5.66. The third-order valence-electron chi connectivity index (χ3n) is 4.77. The Hall–Kier alpha value is -1.60. The van der Waals surface area contributed by atoms with Crippen molar-refractivity contribution in [2.24, 2.45) is 0 Å². The van der Waals surface area contributed by atoms with E-state index in [4.69, 9.17) is 0 Å². The highest BCUT2D eigenvalue weighted by Gasteiger charge is 2.19. The summed E-state index contributed by atoms with van der Waals surface area (Å²) < 4.78 is 0. The Morgan fingerprint density at radius 2 is 1.09 bits per heavy atom. The van der Waals surface area contributed by atoms with Crippen LogP contribution in [-0.2, 0) is 0 Å². The smallest absolute Gasteiger partial charge is 0.0578 e. The first-order valence-electron chi connectivity index (χ1n) is 8.79. The molecule has 1 aliphatic carbocycles. The van der Waals surface area contributed by atoms with Crippen molar-refractivity contribution in [1.29, 1.82) is 0 Å². The second-order valence-electron chi connectivity index (χ2n) is 6.46. The standard InChI is InChI=1S/C21H27N/c1-2-10-16-20(17-11-3-1)22-21(18-12-6-4-7-13-18)19-14-8-5-9-15-19/h4-9,12-15,20-22H,1-3,10-11,16-17H2. The molecule has 1 aliphatic rings. The first-order chi connectivity index (χ1) is 10.9. The molecule has 0 aromatic heterocycles. The summed E-state index contributed by atoms with van der Waals surface area (Å²) in [6.45, 7) is 0. The first kappa shape index (κ1) is 15.3. The fourth-order valence-electron chi connectivity index (χ4n) is 3.53. The highest BCUT2D eigenvalue weighted by molar-refractivity contribution is 5.31. The lowest BCUT2D eigenvalue weighted by atomic mass is 9.93. The summed E-state index contributed by atoms with van der Waals surface area (Å²) in [5.41, 5.74) is 2.74. The lowest BCUT2D eigenvalue weighted by molar-refractivity contribution is 0.370. The van der Waals surface area contributed by atoms with Gasteiger partial charge in [-0.25, -0.2) is 0 Å². The Morgan fingerprint density at radius 3 is 1.59 bits per heavy atom. The normalized spacial score (nSPS) is 17.1. The van der Waals surface area contributed by atoms with Gasteiger partial charge in [0.1, 0.15) is 0 Å². The molecule has 1 saturated carbocycles. The molecule has 0 aliphatic heterocycles. The van der Waals surface area contributed by atoms with Gasteiger partial charge in [-0.05, 0) is 24.0 Å². The summed E-state index contributed by atoms with van der Waals surface area (Å²) in [6.07, 6.45) is 9.60. The fourth-order valence-corrected chi connectivity index (χ4v) is 3.53. The van der Waals surface area contributed by atoms with Crippen molar-refractivity contribution in [1.82, 2.24) is 5.32 Å². The van der Waals surface area contributed by atoms with Crippen LogP contribution >= 0.6 is 0 Å². The molecule has 1 fully saturated rings. The summed E-state index contributed by atoms with van der Waals surface area (Å²) in [5.74, 6) is 0. The molecular formula is C21H27N. The van der Waals surface area contributed by atoms with Crippen LogP contribution < -0.4 is 5.32 Å². The van der Waals surface area contributed by atoms with E-state index in [1.807, 2.05) is 0 Å². The van der Waals surface area contributed by atoms with Crippen molar-refractivity contribution >= 4 is 0 Å². The lowest BCUT2D eigenvalue weighted by Crippen LogP contribution is -2.34. The van der Waals surface area contributed by atoms with E-state index >= 15 is 0 Å². The molecule has 0 spiro atoms. The van der Waals surface area contributed by atoms with Gasteiger partial charge in [0.25, 0.3) is 0 Å². The second-order valence-corrected chi connectivity index (χ2v) is 6.46. The molecule has 3 rings (SSSR count). The Morgan fingerprint density at radius 1 is 0.636 bits per heavy atom. The van der Waals surface area contributed by atoms with Crippen LogP contribution in [0.15, 0.2) is 60.7 Å². The summed E-state index contributed by atoms with van der Waals surface area (Å²) in [7, 11) is 0. The first-order valence-corrected chi connectivity index (χ1v) is 8.79. The van der Waals surface area contributed by atoms with Crippen LogP contribution in [0, 0.1) is 0 Å². The molecule has 0 amide bonds. The van der Waals surface area contributed by atoms with Crippen molar-refractivity contribution in [3.63, 3.8) is 0 Å². The minimum Gasteiger partial charge on any atom is -0.303 e. The molecule has 22 heavy (non-hydrogen) atoms. The molecule has 1 heteroatoms. The molecule has 2 aromatic rings. The van der Waals surface area contributed by atoms with E-state index in [-0.39, 0.29) is 0 Å². The number of hydrogen-bond acceptors (Lipinski definition) is 1. The highest BCUT2D eigenvalue weighted by atomic mass is 15.0. The zero-order valence-electron chi connectivity index (χ0n) is 13.4. The molecule has 1 N–H and O–H groups in total. The van der Waals surface area contributed by atoms with Gasteiger partial charge in [0, 0.05) is 6.04 Å². The van der Waals surface area contributed by atoms with Crippen LogP contribution in [-0.4, -0.2) is 6.04 Å². The van der Waals surface area contributed by atoms with E-state index in [1.54, 1.807) is 0 Å². The van der Waals surface area contributed by atoms with Gasteiger partial charge in [0.15, 0.2) is 0 Å². The van der Waals surface area contributed by atoms with Crippen LogP contribution in [0.1, 0.15) is 62.1 Å². The van der Waals surface area contributed by atoms with Crippen molar-refractivity contribution < 1.29 is 0 Å². The van der Waals surface area contributed by atoms with Gasteiger partial charge in [-0.2, -0.15) is 0 Å². The molecule has 2 aromatic carbocycles. The number of hydrogen-bond donors (Lipinski definition) is 1. The summed E-state index contributed by atoms with van der Waals surface area (Å²) in [6, 6.07) is 22.7. The lowest BCUT2D eigenvalue weighted by Gasteiger charge is -2.28. The van der Waals surface area contributed by atoms with Gasteiger partial charge in [-0.15, -0.1) is 0 Å². The molecule has 0 heterocycles. The molecular weight excluding hydrogens is 266 g/mol. The van der Waals surface area contributed by atoms with Crippen molar-refractivity contribution in [3.05, 3.63) is 71.8 Å². The zero-order valence-corrected chi connectivity index (χ0v) is 13.4. The van der Waals surface area contributed by atoms with Crippen LogP contribution in [0.4, 0.5) is 0 Å². The van der Waals surface area contributed by atoms with Gasteiger partial charge in [0.2, 0.25) is 0 Å². The van der Waals surface area contributed by atoms with Crippen molar-refractivity contribution in [2.45, 2.75) is 57.0 Å². The Labute approximate surface area is 134 Å². The molecule has 0 bridgehead atoms. The molecule has 0 atom stereocenters. The van der Waals surface area contributed by atoms with Crippen LogP contribution in [0.25, 0.3) is 0 Å². The van der Waals surface area contributed by atoms with Gasteiger partial charge < -0.3 is 5.32 Å². The third-order valence-corrected chi connectivity index (χ3v) is 4.77. The minimum absolute atomic E-state index is 0.312. The second kappa shape index (κ2) is 8.14. The summed E-state index contributed by atoms with van der Waals surface area (Å²) in [4.78, 5) is 0. The largest absolute Gasteiger partial charge is 0.303 e. The summed E-state index contributed by atoms with van der Waals surface area (Å²) >= 11 is 0. The minimum atomic E-state index is 0.312. The van der Waals surface area contributed by atoms with Crippen LogP contribution in [0.2, 0.25) is 0 Å². The topological polar surface area (TPSA) is 12.0 Å². The average Bonchev–Trinajstić information content (AvgIpc) is 2.56. The van der Waals surface area contributed by atoms with E-state index in [0.29, 0.717) is 12.1 Å². The van der Waals surface area contributed by atoms with Gasteiger partial charge in [-0.1, -0.05) is 92.8 Å². The SMILES string of the molecule is c1ccc(C(NC2CCCCCCC2)c2ccccc2)cc1. The van der Waals surface area contributed by atoms with Crippen LogP contribution in [0.5, 0.6) is 0 Å². The number of rotatable bonds is 4. The van der Waals surface area contributed by atoms with E-state index in [1.165, 1.54) is 56.1 Å². The maximum atomic E-state index is 3.96. The van der Waals surface area contributed by atoms with Gasteiger partial charge in [0.05, 0.1) is 6.04 Å². The third kappa shape index (κ3) is 4.20. The van der Waals surface area contributed by atoms with Gasteiger partial charge in [-0.3, -0.25) is 0 Å². The van der Waals surface area contributed by atoms with E-state index in [0.717, 1.165) is 0 Å². The molecule has 0 saturated heterocycles. The van der Waals surface area contributed by atoms with E-state index in [2.05, 4.69) is 66.0 Å². The van der Waals surface area contributed by atoms with E-state index in [9.17, 15) is 0 Å². The number of benzene rings is 2. The maximum absolute atomic E-state index is 3.96.